The van der Waals surface area contributed by atoms with Gasteiger partial charge < -0.3 is 9.64 Å². The molecule has 0 radical (unpaired) electrons. The largest absolute Gasteiger partial charge is 0.467 e. The lowest BCUT2D eigenvalue weighted by atomic mass is 10.1. The zero-order chi connectivity index (χ0) is 13.2. The average molecular weight is 257 g/mol. The van der Waals surface area contributed by atoms with Crippen molar-refractivity contribution in [1.29, 1.82) is 0 Å². The van der Waals surface area contributed by atoms with E-state index in [2.05, 4.69) is 15.1 Å². The molecule has 98 valence electrons. The molecule has 1 aliphatic heterocycles. The number of aromatic nitrogens is 2. The minimum atomic E-state index is -0.211. The lowest BCUT2D eigenvalue weighted by Gasteiger charge is -2.25. The summed E-state index contributed by atoms with van der Waals surface area (Å²) in [6, 6.07) is 7.62. The van der Waals surface area contributed by atoms with E-state index >= 15 is 0 Å². The summed E-state index contributed by atoms with van der Waals surface area (Å²) in [4.78, 5) is 13.9. The first kappa shape index (κ1) is 11.9. The van der Waals surface area contributed by atoms with E-state index in [1.807, 2.05) is 24.3 Å². The van der Waals surface area contributed by atoms with E-state index in [1.54, 1.807) is 6.20 Å². The smallest absolute Gasteiger partial charge is 0.328 e. The van der Waals surface area contributed by atoms with Crippen LogP contribution in [-0.4, -0.2) is 35.9 Å². The molecule has 0 spiro atoms. The molecule has 5 nitrogen and oxygen atoms in total. The summed E-state index contributed by atoms with van der Waals surface area (Å²) < 4.78 is 4.88. The highest BCUT2D eigenvalue weighted by atomic mass is 16.5. The molecule has 1 aromatic carbocycles. The van der Waals surface area contributed by atoms with Crippen LogP contribution in [0.1, 0.15) is 12.8 Å². The second-order valence-corrected chi connectivity index (χ2v) is 4.62. The lowest BCUT2D eigenvalue weighted by Crippen LogP contribution is -2.37. The van der Waals surface area contributed by atoms with Gasteiger partial charge in [0.25, 0.3) is 0 Å². The van der Waals surface area contributed by atoms with Crippen LogP contribution in [0.2, 0.25) is 0 Å². The Morgan fingerprint density at radius 3 is 3.11 bits per heavy atom. The normalized spacial score (nSPS) is 18.8. The molecule has 1 atom stereocenters. The molecule has 3 rings (SSSR count). The Bertz CT molecular complexity index is 609. The van der Waals surface area contributed by atoms with Gasteiger partial charge in [-0.25, -0.2) is 4.79 Å². The number of methoxy groups -OCH3 is 1. The average Bonchev–Trinajstić information content (AvgIpc) is 2.95. The van der Waals surface area contributed by atoms with Crippen LogP contribution in [0.15, 0.2) is 30.5 Å². The van der Waals surface area contributed by atoms with Gasteiger partial charge in [-0.2, -0.15) is 10.2 Å². The summed E-state index contributed by atoms with van der Waals surface area (Å²) in [6.45, 7) is 0.843. The Balaban J connectivity index is 2.06. The number of carbonyl (C=O) groups excluding carboxylic acids is 1. The van der Waals surface area contributed by atoms with Gasteiger partial charge in [0.05, 0.1) is 24.5 Å². The van der Waals surface area contributed by atoms with Crippen molar-refractivity contribution in [2.45, 2.75) is 18.9 Å². The molecule has 0 N–H and O–H groups in total. The molecule has 0 bridgehead atoms. The van der Waals surface area contributed by atoms with E-state index in [0.29, 0.717) is 0 Å². The fourth-order valence-corrected chi connectivity index (χ4v) is 2.66. The predicted molar refractivity (Wildman–Crippen MR) is 71.9 cm³/mol. The third-order valence-electron chi connectivity index (χ3n) is 3.56. The highest BCUT2D eigenvalue weighted by Crippen LogP contribution is 2.30. The second kappa shape index (κ2) is 4.84. The summed E-state index contributed by atoms with van der Waals surface area (Å²) in [7, 11) is 1.43. The van der Waals surface area contributed by atoms with Gasteiger partial charge in [-0.1, -0.05) is 18.2 Å². The number of nitrogens with zero attached hydrogens (tertiary/aromatic N) is 3. The van der Waals surface area contributed by atoms with Crippen LogP contribution >= 0.6 is 0 Å². The maximum Gasteiger partial charge on any atom is 0.328 e. The summed E-state index contributed by atoms with van der Waals surface area (Å²) in [6.07, 6.45) is 3.53. The molecule has 2 heterocycles. The van der Waals surface area contributed by atoms with Crippen molar-refractivity contribution >= 4 is 22.6 Å². The number of carbonyl (C=O) groups is 1. The molecular weight excluding hydrogens is 242 g/mol. The molecule has 5 heteroatoms. The van der Waals surface area contributed by atoms with Crippen molar-refractivity contribution in [2.24, 2.45) is 0 Å². The third kappa shape index (κ3) is 2.01. The first-order valence-corrected chi connectivity index (χ1v) is 6.36. The Morgan fingerprint density at radius 1 is 1.42 bits per heavy atom. The van der Waals surface area contributed by atoms with E-state index < -0.39 is 0 Å². The van der Waals surface area contributed by atoms with Gasteiger partial charge in [0.15, 0.2) is 0 Å². The molecule has 0 amide bonds. The Hall–Kier alpha value is -2.17. The van der Waals surface area contributed by atoms with Gasteiger partial charge in [-0.15, -0.1) is 0 Å². The van der Waals surface area contributed by atoms with E-state index in [0.717, 1.165) is 36.0 Å². The van der Waals surface area contributed by atoms with Gasteiger partial charge in [0, 0.05) is 11.9 Å². The Labute approximate surface area is 111 Å². The molecule has 19 heavy (non-hydrogen) atoms. The highest BCUT2D eigenvalue weighted by Gasteiger charge is 2.32. The van der Waals surface area contributed by atoms with E-state index in [9.17, 15) is 4.79 Å². The number of anilines is 1. The minimum Gasteiger partial charge on any atom is -0.467 e. The number of benzene rings is 1. The topological polar surface area (TPSA) is 55.3 Å². The predicted octanol–water partition coefficient (Wildman–Crippen LogP) is 1.77. The monoisotopic (exact) mass is 257 g/mol. The van der Waals surface area contributed by atoms with Gasteiger partial charge in [-0.05, 0) is 18.9 Å². The van der Waals surface area contributed by atoms with Gasteiger partial charge >= 0.3 is 5.97 Å². The van der Waals surface area contributed by atoms with Crippen molar-refractivity contribution < 1.29 is 9.53 Å². The zero-order valence-corrected chi connectivity index (χ0v) is 10.7. The summed E-state index contributed by atoms with van der Waals surface area (Å²) in [5.74, 6) is -0.182. The van der Waals surface area contributed by atoms with Gasteiger partial charge in [-0.3, -0.25) is 0 Å². The van der Waals surface area contributed by atoms with Crippen LogP contribution in [0.5, 0.6) is 0 Å². The fraction of sp³-hybridized carbons (Fsp3) is 0.357. The van der Waals surface area contributed by atoms with Gasteiger partial charge in [0.2, 0.25) is 0 Å². The summed E-state index contributed by atoms with van der Waals surface area (Å²) in [5, 5.41) is 9.17. The maximum atomic E-state index is 11.8. The molecule has 1 unspecified atom stereocenters. The second-order valence-electron chi connectivity index (χ2n) is 4.62. The molecule has 1 saturated heterocycles. The standard InChI is InChI=1S/C14H15N3O2/c1-19-14(18)12-7-4-8-17(12)13-9-15-16-11-6-3-2-5-10(11)13/h2-3,5-6,9,12H,4,7-8H2,1H3. The molecule has 1 aliphatic rings. The zero-order valence-electron chi connectivity index (χ0n) is 10.7. The van der Waals surface area contributed by atoms with E-state index in [-0.39, 0.29) is 12.0 Å². The van der Waals surface area contributed by atoms with Crippen molar-refractivity contribution in [3.63, 3.8) is 0 Å². The van der Waals surface area contributed by atoms with Crippen molar-refractivity contribution in [2.75, 3.05) is 18.6 Å². The number of hydrogen-bond donors (Lipinski definition) is 0. The molecule has 0 saturated carbocycles. The van der Waals surface area contributed by atoms with Gasteiger partial charge in [0.1, 0.15) is 6.04 Å². The SMILES string of the molecule is COC(=O)C1CCCN1c1cnnc2ccccc12. The molecule has 1 aromatic heterocycles. The number of esters is 1. The molecule has 0 aliphatic carbocycles. The molecule has 2 aromatic rings. The van der Waals surface area contributed by atoms with Crippen LogP contribution < -0.4 is 4.90 Å². The lowest BCUT2D eigenvalue weighted by molar-refractivity contribution is -0.141. The van der Waals surface area contributed by atoms with E-state index in [1.165, 1.54) is 7.11 Å². The van der Waals surface area contributed by atoms with Crippen molar-refractivity contribution in [3.05, 3.63) is 30.5 Å². The summed E-state index contributed by atoms with van der Waals surface area (Å²) in [5.41, 5.74) is 1.80. The Morgan fingerprint density at radius 2 is 2.26 bits per heavy atom. The molecule has 1 fully saturated rings. The number of hydrogen-bond acceptors (Lipinski definition) is 5. The van der Waals surface area contributed by atoms with Crippen LogP contribution in [0.4, 0.5) is 5.69 Å². The van der Waals surface area contributed by atoms with Crippen LogP contribution in [0.25, 0.3) is 10.9 Å². The maximum absolute atomic E-state index is 11.8. The van der Waals surface area contributed by atoms with Crippen LogP contribution in [0, 0.1) is 0 Å². The quantitative estimate of drug-likeness (QED) is 0.767. The first-order valence-electron chi connectivity index (χ1n) is 6.36. The fourth-order valence-electron chi connectivity index (χ4n) is 2.66. The summed E-state index contributed by atoms with van der Waals surface area (Å²) >= 11 is 0. The highest BCUT2D eigenvalue weighted by molar-refractivity contribution is 5.93. The minimum absolute atomic E-state index is 0.182. The van der Waals surface area contributed by atoms with E-state index in [4.69, 9.17) is 4.74 Å². The third-order valence-corrected chi connectivity index (χ3v) is 3.56. The number of ether oxygens (including phenoxy) is 1. The number of fused-ring (bicyclic) bond motifs is 1. The van der Waals surface area contributed by atoms with Crippen LogP contribution in [-0.2, 0) is 9.53 Å². The van der Waals surface area contributed by atoms with Crippen LogP contribution in [0.3, 0.4) is 0 Å². The first-order chi connectivity index (χ1) is 9.31. The van der Waals surface area contributed by atoms with Crippen molar-refractivity contribution in [3.8, 4) is 0 Å². The van der Waals surface area contributed by atoms with Crippen molar-refractivity contribution in [1.82, 2.24) is 10.2 Å². The number of rotatable bonds is 2. The Kier molecular flexibility index (Phi) is 3.03. The molecular formula is C14H15N3O2.